The summed E-state index contributed by atoms with van der Waals surface area (Å²) in [6.07, 6.45) is -4.02. The van der Waals surface area contributed by atoms with Crippen LogP contribution in [0.3, 0.4) is 0 Å². The molecule has 4 rings (SSSR count). The van der Waals surface area contributed by atoms with Crippen molar-refractivity contribution in [1.82, 2.24) is 5.32 Å². The van der Waals surface area contributed by atoms with E-state index in [0.717, 1.165) is 11.1 Å². The number of hydrogen-bond acceptors (Lipinski definition) is 2. The number of benzene rings is 3. The number of rotatable bonds is 7. The van der Waals surface area contributed by atoms with Crippen molar-refractivity contribution < 1.29 is 22.8 Å². The monoisotopic (exact) mass is 465 g/mol. The molecular formula is C28H26F3NO2. The molecule has 3 unspecified atom stereocenters. The van der Waals surface area contributed by atoms with Crippen molar-refractivity contribution in [1.29, 1.82) is 0 Å². The van der Waals surface area contributed by atoms with E-state index in [1.807, 2.05) is 42.5 Å². The van der Waals surface area contributed by atoms with Crippen LogP contribution in [0, 0.1) is 5.92 Å². The number of hydrogen-bond donors (Lipinski definition) is 1. The number of nitrogens with one attached hydrogen (secondary N) is 1. The zero-order valence-corrected chi connectivity index (χ0v) is 18.8. The maximum absolute atomic E-state index is 13.4. The van der Waals surface area contributed by atoms with Gasteiger partial charge >= 0.3 is 6.18 Å². The Morgan fingerprint density at radius 2 is 1.56 bits per heavy atom. The Labute approximate surface area is 197 Å². The summed E-state index contributed by atoms with van der Waals surface area (Å²) < 4.78 is 37.9. The van der Waals surface area contributed by atoms with Crippen molar-refractivity contribution in [2.45, 2.75) is 44.3 Å². The van der Waals surface area contributed by atoms with Crippen molar-refractivity contribution in [2.75, 3.05) is 0 Å². The number of amides is 1. The van der Waals surface area contributed by atoms with Gasteiger partial charge in [-0.15, -0.1) is 0 Å². The van der Waals surface area contributed by atoms with Crippen molar-refractivity contribution >= 4 is 11.7 Å². The summed E-state index contributed by atoms with van der Waals surface area (Å²) >= 11 is 0. The second-order valence-electron chi connectivity index (χ2n) is 8.82. The molecule has 1 amide bonds. The molecule has 0 saturated heterocycles. The van der Waals surface area contributed by atoms with Crippen molar-refractivity contribution in [3.8, 4) is 0 Å². The first-order valence-electron chi connectivity index (χ1n) is 11.4. The highest BCUT2D eigenvalue weighted by molar-refractivity contribution is 6.08. The largest absolute Gasteiger partial charge is 0.393 e. The van der Waals surface area contributed by atoms with E-state index in [1.54, 1.807) is 31.2 Å². The van der Waals surface area contributed by atoms with Crippen LogP contribution < -0.4 is 5.32 Å². The molecule has 0 aliphatic heterocycles. The molecule has 0 saturated carbocycles. The molecule has 3 aromatic rings. The van der Waals surface area contributed by atoms with Gasteiger partial charge in [-0.3, -0.25) is 9.59 Å². The maximum atomic E-state index is 13.4. The summed E-state index contributed by atoms with van der Waals surface area (Å²) in [4.78, 5) is 26.6. The van der Waals surface area contributed by atoms with Gasteiger partial charge < -0.3 is 5.32 Å². The van der Waals surface area contributed by atoms with E-state index in [4.69, 9.17) is 0 Å². The lowest BCUT2D eigenvalue weighted by molar-refractivity contribution is -0.127. The van der Waals surface area contributed by atoms with Crippen molar-refractivity contribution in [2.24, 2.45) is 5.92 Å². The van der Waals surface area contributed by atoms with Gasteiger partial charge in [0.15, 0.2) is 5.78 Å². The van der Waals surface area contributed by atoms with Gasteiger partial charge in [-0.05, 0) is 42.0 Å². The van der Waals surface area contributed by atoms with Gasteiger partial charge in [0.1, 0.15) is 0 Å². The quantitative estimate of drug-likeness (QED) is 0.452. The molecule has 176 valence electrons. The third-order valence-corrected chi connectivity index (χ3v) is 6.41. The smallest absolute Gasteiger partial charge is 0.349 e. The lowest BCUT2D eigenvalue weighted by Gasteiger charge is -2.22. The summed E-state index contributed by atoms with van der Waals surface area (Å²) in [6, 6.07) is 22.7. The van der Waals surface area contributed by atoms with Crippen LogP contribution in [-0.2, 0) is 17.6 Å². The molecular weight excluding hydrogens is 439 g/mol. The van der Waals surface area contributed by atoms with Crippen LogP contribution in [0.25, 0.3) is 0 Å². The number of ketones is 1. The molecule has 6 heteroatoms. The predicted molar refractivity (Wildman–Crippen MR) is 125 cm³/mol. The van der Waals surface area contributed by atoms with Gasteiger partial charge in [0.25, 0.3) is 0 Å². The van der Waals surface area contributed by atoms with Crippen molar-refractivity contribution in [3.63, 3.8) is 0 Å². The highest BCUT2D eigenvalue weighted by Gasteiger charge is 2.43. The lowest BCUT2D eigenvalue weighted by Crippen LogP contribution is -2.34. The molecule has 1 aliphatic rings. The molecule has 3 aromatic carbocycles. The van der Waals surface area contributed by atoms with E-state index in [2.05, 4.69) is 5.32 Å². The average Bonchev–Trinajstić information content (AvgIpc) is 3.09. The Kier molecular flexibility index (Phi) is 6.87. The Morgan fingerprint density at radius 1 is 0.912 bits per heavy atom. The van der Waals surface area contributed by atoms with Crippen LogP contribution in [0.1, 0.15) is 57.9 Å². The number of fused-ring (bicyclic) bond motifs is 1. The highest BCUT2D eigenvalue weighted by atomic mass is 19.4. The minimum atomic E-state index is -4.27. The number of halogens is 3. The van der Waals surface area contributed by atoms with E-state index >= 15 is 0 Å². The lowest BCUT2D eigenvalue weighted by atomic mass is 9.86. The van der Waals surface area contributed by atoms with Gasteiger partial charge in [-0.1, -0.05) is 78.9 Å². The number of carbonyl (C=O) groups is 2. The molecule has 0 spiro atoms. The second kappa shape index (κ2) is 9.84. The third-order valence-electron chi connectivity index (χ3n) is 6.41. The molecule has 0 fully saturated rings. The SMILES string of the molecule is CC(NC(=O)C1c2ccccc2C(=O)C1CCc1ccccc1)c1ccc(CC(F)(F)F)cc1. The number of aryl methyl sites for hydroxylation is 1. The third kappa shape index (κ3) is 5.38. The van der Waals surface area contributed by atoms with Gasteiger partial charge in [0, 0.05) is 11.5 Å². The molecule has 1 N–H and O–H groups in total. The Hall–Kier alpha value is -3.41. The normalized spacial score (nSPS) is 18.4. The van der Waals surface area contributed by atoms with Gasteiger partial charge in [-0.2, -0.15) is 13.2 Å². The average molecular weight is 466 g/mol. The van der Waals surface area contributed by atoms with Crippen LogP contribution in [0.15, 0.2) is 78.9 Å². The van der Waals surface area contributed by atoms with Crippen LogP contribution in [-0.4, -0.2) is 17.9 Å². The summed E-state index contributed by atoms with van der Waals surface area (Å²) in [7, 11) is 0. The maximum Gasteiger partial charge on any atom is 0.393 e. The zero-order chi connectivity index (χ0) is 24.3. The molecule has 34 heavy (non-hydrogen) atoms. The molecule has 0 heterocycles. The van der Waals surface area contributed by atoms with E-state index in [1.165, 1.54) is 12.1 Å². The second-order valence-corrected chi connectivity index (χ2v) is 8.82. The van der Waals surface area contributed by atoms with Crippen LogP contribution in [0.2, 0.25) is 0 Å². The summed E-state index contributed by atoms with van der Waals surface area (Å²) in [5.74, 6) is -1.32. The first-order valence-corrected chi connectivity index (χ1v) is 11.4. The molecule has 3 nitrogen and oxygen atoms in total. The summed E-state index contributed by atoms with van der Waals surface area (Å²) in [6.45, 7) is 1.79. The number of Topliss-reactive ketones (excluding diaryl/α,β-unsaturated/α-hetero) is 1. The highest BCUT2D eigenvalue weighted by Crippen LogP contribution is 2.41. The fourth-order valence-corrected chi connectivity index (χ4v) is 4.69. The van der Waals surface area contributed by atoms with Crippen molar-refractivity contribution in [3.05, 3.63) is 107 Å². The Balaban J connectivity index is 1.50. The minimum absolute atomic E-state index is 0.0177. The zero-order valence-electron chi connectivity index (χ0n) is 18.8. The summed E-state index contributed by atoms with van der Waals surface area (Å²) in [5, 5.41) is 2.98. The first-order chi connectivity index (χ1) is 16.2. The fraction of sp³-hybridized carbons (Fsp3) is 0.286. The van der Waals surface area contributed by atoms with Crippen LogP contribution in [0.5, 0.6) is 0 Å². The summed E-state index contributed by atoms with van der Waals surface area (Å²) in [5.41, 5.74) is 3.31. The van der Waals surface area contributed by atoms with Gasteiger partial charge in [-0.25, -0.2) is 0 Å². The van der Waals surface area contributed by atoms with E-state index in [-0.39, 0.29) is 17.3 Å². The van der Waals surface area contributed by atoms with Gasteiger partial charge in [0.05, 0.1) is 18.4 Å². The van der Waals surface area contributed by atoms with E-state index in [9.17, 15) is 22.8 Å². The van der Waals surface area contributed by atoms with E-state index in [0.29, 0.717) is 24.0 Å². The minimum Gasteiger partial charge on any atom is -0.349 e. The molecule has 3 atom stereocenters. The predicted octanol–water partition coefficient (Wildman–Crippen LogP) is 6.20. The number of carbonyl (C=O) groups excluding carboxylic acids is 2. The van der Waals surface area contributed by atoms with Crippen LogP contribution in [0.4, 0.5) is 13.2 Å². The number of alkyl halides is 3. The van der Waals surface area contributed by atoms with Gasteiger partial charge in [0.2, 0.25) is 5.91 Å². The van der Waals surface area contributed by atoms with E-state index < -0.39 is 30.5 Å². The Morgan fingerprint density at radius 3 is 2.24 bits per heavy atom. The first kappa shape index (κ1) is 23.7. The molecule has 0 aromatic heterocycles. The topological polar surface area (TPSA) is 46.2 Å². The molecule has 0 bridgehead atoms. The van der Waals surface area contributed by atoms with Crippen LogP contribution >= 0.6 is 0 Å². The fourth-order valence-electron chi connectivity index (χ4n) is 4.69. The molecule has 0 radical (unpaired) electrons. The Bertz CT molecular complexity index is 1160. The molecule has 1 aliphatic carbocycles. The standard InChI is InChI=1S/C28H26F3NO2/c1-18(21-14-11-20(12-15-21)17-28(29,30)31)32-27(34)25-22-9-5-6-10-23(22)26(33)24(25)16-13-19-7-3-2-4-8-19/h2-12,14-15,18,24-25H,13,16-17H2,1H3,(H,32,34).